The van der Waals surface area contributed by atoms with E-state index in [1.807, 2.05) is 25.4 Å². The fraction of sp³-hybridized carbons (Fsp3) is 0.333. The van der Waals surface area contributed by atoms with E-state index < -0.39 is 0 Å². The Balaban J connectivity index is 1.71. The second-order valence-corrected chi connectivity index (χ2v) is 5.80. The van der Waals surface area contributed by atoms with Crippen LogP contribution in [0.15, 0.2) is 30.6 Å². The van der Waals surface area contributed by atoms with E-state index in [4.69, 9.17) is 14.2 Å². The van der Waals surface area contributed by atoms with Crippen molar-refractivity contribution in [2.45, 2.75) is 6.54 Å². The number of benzene rings is 1. The monoisotopic (exact) mass is 343 g/mol. The summed E-state index contributed by atoms with van der Waals surface area (Å²) in [4.78, 5) is 13.9. The number of amides is 1. The van der Waals surface area contributed by atoms with Gasteiger partial charge in [0, 0.05) is 38.5 Å². The van der Waals surface area contributed by atoms with Crippen LogP contribution in [-0.4, -0.2) is 48.0 Å². The molecule has 132 valence electrons. The van der Waals surface area contributed by atoms with E-state index in [0.717, 1.165) is 11.1 Å². The number of hydrogen-bond acceptors (Lipinski definition) is 5. The quantitative estimate of drug-likeness (QED) is 0.776. The Morgan fingerprint density at radius 2 is 2.20 bits per heavy atom. The van der Waals surface area contributed by atoms with Crippen molar-refractivity contribution in [2.24, 2.45) is 7.05 Å². The smallest absolute Gasteiger partial charge is 0.246 e. The van der Waals surface area contributed by atoms with Crippen LogP contribution >= 0.6 is 0 Å². The summed E-state index contributed by atoms with van der Waals surface area (Å²) < 4.78 is 18.2. The molecular formula is C18H21N3O4. The van der Waals surface area contributed by atoms with Gasteiger partial charge in [-0.3, -0.25) is 9.48 Å². The summed E-state index contributed by atoms with van der Waals surface area (Å²) in [5.74, 6) is 1.72. The zero-order valence-corrected chi connectivity index (χ0v) is 14.6. The molecule has 1 aliphatic heterocycles. The number of ether oxygens (including phenoxy) is 3. The van der Waals surface area contributed by atoms with Gasteiger partial charge in [-0.1, -0.05) is 0 Å². The highest BCUT2D eigenvalue weighted by Crippen LogP contribution is 2.40. The first-order valence-corrected chi connectivity index (χ1v) is 7.95. The highest BCUT2D eigenvalue weighted by molar-refractivity contribution is 5.91. The lowest BCUT2D eigenvalue weighted by atomic mass is 10.1. The van der Waals surface area contributed by atoms with Gasteiger partial charge in [-0.05, 0) is 23.8 Å². The summed E-state index contributed by atoms with van der Waals surface area (Å²) in [6, 6.07) is 3.65. The number of methoxy groups -OCH3 is 1. The molecule has 0 spiro atoms. The molecule has 0 bridgehead atoms. The third-order valence-electron chi connectivity index (χ3n) is 3.82. The summed E-state index contributed by atoms with van der Waals surface area (Å²) in [6.45, 7) is 1.49. The van der Waals surface area contributed by atoms with E-state index in [-0.39, 0.29) is 5.91 Å². The molecule has 7 nitrogen and oxygen atoms in total. The zero-order chi connectivity index (χ0) is 17.8. The van der Waals surface area contributed by atoms with Crippen molar-refractivity contribution >= 4 is 12.0 Å². The molecule has 2 aromatic rings. The van der Waals surface area contributed by atoms with Gasteiger partial charge in [0.15, 0.2) is 11.5 Å². The van der Waals surface area contributed by atoms with Gasteiger partial charge in [0.2, 0.25) is 11.7 Å². The molecule has 0 saturated carbocycles. The molecule has 1 aromatic heterocycles. The number of fused-ring (bicyclic) bond motifs is 1. The minimum absolute atomic E-state index is 0.0993. The molecule has 25 heavy (non-hydrogen) atoms. The van der Waals surface area contributed by atoms with Gasteiger partial charge in [-0.15, -0.1) is 0 Å². The lowest BCUT2D eigenvalue weighted by Gasteiger charge is -2.21. The van der Waals surface area contributed by atoms with E-state index in [2.05, 4.69) is 5.10 Å². The zero-order valence-electron chi connectivity index (χ0n) is 14.6. The van der Waals surface area contributed by atoms with E-state index in [0.29, 0.717) is 37.0 Å². The number of aromatic nitrogens is 2. The van der Waals surface area contributed by atoms with Crippen molar-refractivity contribution in [2.75, 3.05) is 27.4 Å². The SMILES string of the molecule is COc1cc(/C=C\C(=O)N(C)Cc2cnn(C)c2)cc2c1OCCO2. The molecule has 1 aliphatic rings. The van der Waals surface area contributed by atoms with Gasteiger partial charge in [0.1, 0.15) is 13.2 Å². The van der Waals surface area contributed by atoms with Crippen molar-refractivity contribution in [3.8, 4) is 17.2 Å². The van der Waals surface area contributed by atoms with Crippen LogP contribution in [0.2, 0.25) is 0 Å². The number of hydrogen-bond donors (Lipinski definition) is 0. The molecule has 0 N–H and O–H groups in total. The molecule has 3 rings (SSSR count). The van der Waals surface area contributed by atoms with Crippen LogP contribution in [0.25, 0.3) is 6.08 Å². The van der Waals surface area contributed by atoms with E-state index in [9.17, 15) is 4.79 Å². The van der Waals surface area contributed by atoms with Gasteiger partial charge in [0.25, 0.3) is 0 Å². The third-order valence-corrected chi connectivity index (χ3v) is 3.82. The summed E-state index contributed by atoms with van der Waals surface area (Å²) in [5.41, 5.74) is 1.79. The van der Waals surface area contributed by atoms with Gasteiger partial charge >= 0.3 is 0 Å². The molecular weight excluding hydrogens is 322 g/mol. The minimum Gasteiger partial charge on any atom is -0.493 e. The highest BCUT2D eigenvalue weighted by atomic mass is 16.6. The molecule has 0 radical (unpaired) electrons. The van der Waals surface area contributed by atoms with Crippen LogP contribution in [0.4, 0.5) is 0 Å². The average molecular weight is 343 g/mol. The standard InChI is InChI=1S/C18H21N3O4/c1-20(11-14-10-19-21(2)12-14)17(22)5-4-13-8-15(23-3)18-16(9-13)24-6-7-25-18/h4-5,8-10,12H,6-7,11H2,1-3H3/b5-4-. The molecule has 0 atom stereocenters. The lowest BCUT2D eigenvalue weighted by molar-refractivity contribution is -0.125. The second-order valence-electron chi connectivity index (χ2n) is 5.80. The Kier molecular flexibility index (Phi) is 4.92. The van der Waals surface area contributed by atoms with Crippen LogP contribution in [0.5, 0.6) is 17.2 Å². The van der Waals surface area contributed by atoms with Crippen molar-refractivity contribution in [3.05, 3.63) is 41.7 Å². The Morgan fingerprint density at radius 3 is 2.92 bits per heavy atom. The molecule has 0 saturated heterocycles. The summed E-state index contributed by atoms with van der Waals surface area (Å²) >= 11 is 0. The van der Waals surface area contributed by atoms with Crippen LogP contribution in [0.1, 0.15) is 11.1 Å². The lowest BCUT2D eigenvalue weighted by Crippen LogP contribution is -2.23. The second kappa shape index (κ2) is 7.29. The normalized spacial score (nSPS) is 13.1. The Labute approximate surface area is 146 Å². The first-order chi connectivity index (χ1) is 12.1. The van der Waals surface area contributed by atoms with Crippen LogP contribution in [0.3, 0.4) is 0 Å². The predicted molar refractivity (Wildman–Crippen MR) is 92.7 cm³/mol. The maximum Gasteiger partial charge on any atom is 0.246 e. The number of carbonyl (C=O) groups excluding carboxylic acids is 1. The number of likely N-dealkylation sites (N-methyl/N-ethyl adjacent to an activating group) is 1. The fourth-order valence-corrected chi connectivity index (χ4v) is 2.59. The molecule has 0 fully saturated rings. The van der Waals surface area contributed by atoms with Crippen molar-refractivity contribution in [1.82, 2.24) is 14.7 Å². The summed E-state index contributed by atoms with van der Waals surface area (Å²) in [7, 11) is 5.18. The van der Waals surface area contributed by atoms with Crippen LogP contribution < -0.4 is 14.2 Å². The molecule has 7 heteroatoms. The first-order valence-electron chi connectivity index (χ1n) is 7.95. The number of rotatable bonds is 5. The molecule has 1 aromatic carbocycles. The van der Waals surface area contributed by atoms with E-state index >= 15 is 0 Å². The summed E-state index contributed by atoms with van der Waals surface area (Å²) in [6.07, 6.45) is 6.91. The maximum absolute atomic E-state index is 12.3. The summed E-state index contributed by atoms with van der Waals surface area (Å²) in [5, 5.41) is 4.10. The first kappa shape index (κ1) is 16.9. The van der Waals surface area contributed by atoms with E-state index in [1.54, 1.807) is 36.0 Å². The highest BCUT2D eigenvalue weighted by Gasteiger charge is 2.18. The number of aryl methyl sites for hydroxylation is 1. The average Bonchev–Trinajstić information content (AvgIpc) is 3.03. The van der Waals surface area contributed by atoms with Crippen molar-refractivity contribution < 1.29 is 19.0 Å². The molecule has 2 heterocycles. The fourth-order valence-electron chi connectivity index (χ4n) is 2.59. The Bertz CT molecular complexity index is 780. The van der Waals surface area contributed by atoms with Crippen LogP contribution in [-0.2, 0) is 18.4 Å². The number of nitrogens with zero attached hydrogens (tertiary/aromatic N) is 3. The van der Waals surface area contributed by atoms with Gasteiger partial charge in [-0.25, -0.2) is 0 Å². The van der Waals surface area contributed by atoms with Gasteiger partial charge in [0.05, 0.1) is 13.3 Å². The largest absolute Gasteiger partial charge is 0.493 e. The Morgan fingerprint density at radius 1 is 1.40 bits per heavy atom. The Hall–Kier alpha value is -2.96. The molecule has 0 unspecified atom stereocenters. The van der Waals surface area contributed by atoms with Crippen LogP contribution in [0, 0.1) is 0 Å². The molecule has 1 amide bonds. The topological polar surface area (TPSA) is 65.8 Å². The number of carbonyl (C=O) groups is 1. The van der Waals surface area contributed by atoms with Gasteiger partial charge < -0.3 is 19.1 Å². The molecule has 0 aliphatic carbocycles. The van der Waals surface area contributed by atoms with Gasteiger partial charge in [-0.2, -0.15) is 5.10 Å². The van der Waals surface area contributed by atoms with Crippen molar-refractivity contribution in [1.29, 1.82) is 0 Å². The third kappa shape index (κ3) is 3.93. The van der Waals surface area contributed by atoms with Crippen molar-refractivity contribution in [3.63, 3.8) is 0 Å². The minimum atomic E-state index is -0.0993. The maximum atomic E-state index is 12.3. The predicted octanol–water partition coefficient (Wildman–Crippen LogP) is 1.87. The van der Waals surface area contributed by atoms with E-state index in [1.165, 1.54) is 6.08 Å².